The fraction of sp³-hybridized carbons (Fsp3) is 0.350. The highest BCUT2D eigenvalue weighted by molar-refractivity contribution is 6.05. The first-order chi connectivity index (χ1) is 12.3. The largest absolute Gasteiger partial charge is 0.345 e. The number of amides is 2. The number of rotatable bonds is 4. The number of benzene rings is 1. The quantitative estimate of drug-likeness (QED) is 0.738. The van der Waals surface area contributed by atoms with Gasteiger partial charge in [0.25, 0.3) is 5.91 Å². The second-order valence-corrected chi connectivity index (χ2v) is 7.10. The van der Waals surface area contributed by atoms with Gasteiger partial charge in [0, 0.05) is 12.1 Å². The highest BCUT2D eigenvalue weighted by atomic mass is 16.2. The lowest BCUT2D eigenvalue weighted by molar-refractivity contribution is -0.127. The van der Waals surface area contributed by atoms with Crippen molar-refractivity contribution in [3.63, 3.8) is 0 Å². The molecule has 1 saturated heterocycles. The van der Waals surface area contributed by atoms with Crippen molar-refractivity contribution in [2.75, 3.05) is 6.54 Å². The van der Waals surface area contributed by atoms with Crippen LogP contribution in [0, 0.1) is 13.8 Å². The summed E-state index contributed by atoms with van der Waals surface area (Å²) in [5.41, 5.74) is 5.50. The summed E-state index contributed by atoms with van der Waals surface area (Å²) < 4.78 is 0. The van der Waals surface area contributed by atoms with Gasteiger partial charge in [-0.05, 0) is 31.4 Å². The van der Waals surface area contributed by atoms with Crippen LogP contribution in [0.2, 0.25) is 0 Å². The highest BCUT2D eigenvalue weighted by Gasteiger charge is 2.21. The van der Waals surface area contributed by atoms with Gasteiger partial charge in [0.1, 0.15) is 11.5 Å². The van der Waals surface area contributed by atoms with E-state index in [-0.39, 0.29) is 30.0 Å². The van der Waals surface area contributed by atoms with Crippen LogP contribution in [-0.2, 0) is 16.0 Å². The Hall–Kier alpha value is -2.89. The number of nitrogens with one attached hydrogen (secondary N) is 3. The molecule has 1 aliphatic heterocycles. The molecule has 6 heteroatoms. The van der Waals surface area contributed by atoms with Crippen LogP contribution in [0.15, 0.2) is 23.9 Å². The van der Waals surface area contributed by atoms with Gasteiger partial charge in [0.05, 0.1) is 12.2 Å². The van der Waals surface area contributed by atoms with Crippen molar-refractivity contribution in [3.05, 3.63) is 57.8 Å². The standard InChI is InChI=1S/C20H24N4O2/c1-11(2)19-15(9-16-20(26)21-10-18(25)23-16)22-17(24-19)8-14-6-12(3)5-13(4)7-14/h5-7,9,11H,8,10H2,1-4H3,(H,21,26)(H,22,24)(H,23,25). The zero-order valence-electron chi connectivity index (χ0n) is 15.6. The summed E-state index contributed by atoms with van der Waals surface area (Å²) in [4.78, 5) is 31.6. The Morgan fingerprint density at radius 1 is 1.15 bits per heavy atom. The van der Waals surface area contributed by atoms with Gasteiger partial charge in [-0.1, -0.05) is 43.2 Å². The lowest BCUT2D eigenvalue weighted by atomic mass is 10.0. The number of aryl methyl sites for hydroxylation is 2. The molecule has 0 atom stereocenters. The maximum absolute atomic E-state index is 12.0. The van der Waals surface area contributed by atoms with Gasteiger partial charge in [-0.3, -0.25) is 9.59 Å². The minimum Gasteiger partial charge on any atom is -0.345 e. The first-order valence-electron chi connectivity index (χ1n) is 8.77. The number of hydrogen-bond acceptors (Lipinski definition) is 3. The van der Waals surface area contributed by atoms with Crippen molar-refractivity contribution in [3.8, 4) is 0 Å². The van der Waals surface area contributed by atoms with E-state index in [4.69, 9.17) is 0 Å². The summed E-state index contributed by atoms with van der Waals surface area (Å²) in [6.07, 6.45) is 2.33. The molecule has 6 nitrogen and oxygen atoms in total. The van der Waals surface area contributed by atoms with E-state index in [2.05, 4.69) is 66.5 Å². The van der Waals surface area contributed by atoms with Crippen LogP contribution >= 0.6 is 0 Å². The molecule has 0 saturated carbocycles. The molecule has 1 aliphatic rings. The monoisotopic (exact) mass is 352 g/mol. The molecule has 3 rings (SSSR count). The predicted octanol–water partition coefficient (Wildman–Crippen LogP) is 2.33. The minimum absolute atomic E-state index is 0.00569. The topological polar surface area (TPSA) is 86.9 Å². The second kappa shape index (κ2) is 7.15. The van der Waals surface area contributed by atoms with E-state index in [9.17, 15) is 9.59 Å². The van der Waals surface area contributed by atoms with Crippen molar-refractivity contribution < 1.29 is 9.59 Å². The summed E-state index contributed by atoms with van der Waals surface area (Å²) in [7, 11) is 0. The number of carbonyl (C=O) groups is 2. The van der Waals surface area contributed by atoms with Gasteiger partial charge in [-0.25, -0.2) is 4.98 Å². The van der Waals surface area contributed by atoms with Crippen molar-refractivity contribution in [2.45, 2.75) is 40.0 Å². The van der Waals surface area contributed by atoms with Crippen LogP contribution < -0.4 is 10.6 Å². The number of H-pyrrole nitrogens is 1. The van der Waals surface area contributed by atoms with Crippen LogP contribution in [0.1, 0.15) is 53.7 Å². The summed E-state index contributed by atoms with van der Waals surface area (Å²) in [5, 5.41) is 5.16. The van der Waals surface area contributed by atoms with Gasteiger partial charge in [0.15, 0.2) is 0 Å². The van der Waals surface area contributed by atoms with Gasteiger partial charge >= 0.3 is 0 Å². The third-order valence-corrected chi connectivity index (χ3v) is 4.25. The molecule has 0 spiro atoms. The normalized spacial score (nSPS) is 16.1. The molecule has 1 fully saturated rings. The second-order valence-electron chi connectivity index (χ2n) is 7.10. The molecular formula is C20H24N4O2. The molecule has 3 N–H and O–H groups in total. The smallest absolute Gasteiger partial charge is 0.268 e. The van der Waals surface area contributed by atoms with E-state index in [0.29, 0.717) is 12.1 Å². The Morgan fingerprint density at radius 2 is 1.85 bits per heavy atom. The van der Waals surface area contributed by atoms with Gasteiger partial charge in [-0.15, -0.1) is 0 Å². The fourth-order valence-electron chi connectivity index (χ4n) is 3.20. The molecular weight excluding hydrogens is 328 g/mol. The number of aromatic nitrogens is 2. The number of hydrogen-bond donors (Lipinski definition) is 3. The van der Waals surface area contributed by atoms with Crippen LogP contribution in [0.5, 0.6) is 0 Å². The first kappa shape index (κ1) is 17.9. The van der Waals surface area contributed by atoms with Crippen molar-refractivity contribution >= 4 is 17.9 Å². The van der Waals surface area contributed by atoms with E-state index in [1.165, 1.54) is 16.7 Å². The molecule has 2 aromatic rings. The number of carbonyl (C=O) groups excluding carboxylic acids is 2. The van der Waals surface area contributed by atoms with E-state index < -0.39 is 0 Å². The molecule has 1 aromatic carbocycles. The van der Waals surface area contributed by atoms with E-state index in [0.717, 1.165) is 11.5 Å². The van der Waals surface area contributed by atoms with Crippen molar-refractivity contribution in [2.24, 2.45) is 0 Å². The zero-order chi connectivity index (χ0) is 18.8. The Bertz CT molecular complexity index is 873. The fourth-order valence-corrected chi connectivity index (χ4v) is 3.20. The number of piperazine rings is 1. The van der Waals surface area contributed by atoms with Crippen molar-refractivity contribution in [1.82, 2.24) is 20.6 Å². The lowest BCUT2D eigenvalue weighted by Crippen LogP contribution is -2.46. The third-order valence-electron chi connectivity index (χ3n) is 4.25. The molecule has 2 heterocycles. The Kier molecular flexibility index (Phi) is 4.93. The minimum atomic E-state index is -0.293. The van der Waals surface area contributed by atoms with Crippen LogP contribution in [0.4, 0.5) is 0 Å². The lowest BCUT2D eigenvalue weighted by Gasteiger charge is -2.15. The predicted molar refractivity (Wildman–Crippen MR) is 101 cm³/mol. The maximum Gasteiger partial charge on any atom is 0.268 e. The van der Waals surface area contributed by atoms with Gasteiger partial charge in [0.2, 0.25) is 5.91 Å². The average molecular weight is 352 g/mol. The third kappa shape index (κ3) is 4.02. The average Bonchev–Trinajstić information content (AvgIpc) is 2.92. The molecule has 0 bridgehead atoms. The van der Waals surface area contributed by atoms with Crippen LogP contribution in [0.25, 0.3) is 6.08 Å². The van der Waals surface area contributed by atoms with E-state index >= 15 is 0 Å². The van der Waals surface area contributed by atoms with E-state index in [1.807, 2.05) is 0 Å². The molecule has 136 valence electrons. The van der Waals surface area contributed by atoms with Gasteiger partial charge in [-0.2, -0.15) is 0 Å². The Balaban J connectivity index is 1.93. The summed E-state index contributed by atoms with van der Waals surface area (Å²) in [6, 6.07) is 6.44. The molecule has 0 aliphatic carbocycles. The molecule has 1 aromatic heterocycles. The molecule has 0 radical (unpaired) electrons. The molecule has 26 heavy (non-hydrogen) atoms. The van der Waals surface area contributed by atoms with Crippen LogP contribution in [0.3, 0.4) is 0 Å². The number of aromatic amines is 1. The number of imidazole rings is 1. The number of nitrogens with zero attached hydrogens (tertiary/aromatic N) is 1. The SMILES string of the molecule is Cc1cc(C)cc(Cc2nc(C=C3NC(=O)CNC3=O)c(C(C)C)[nH]2)c1. The molecule has 0 unspecified atom stereocenters. The van der Waals surface area contributed by atoms with Gasteiger partial charge < -0.3 is 15.6 Å². The maximum atomic E-state index is 12.0. The highest BCUT2D eigenvalue weighted by Crippen LogP contribution is 2.21. The summed E-state index contributed by atoms with van der Waals surface area (Å²) >= 11 is 0. The van der Waals surface area contributed by atoms with E-state index in [1.54, 1.807) is 6.08 Å². The van der Waals surface area contributed by atoms with Crippen LogP contribution in [-0.4, -0.2) is 28.3 Å². The Labute approximate surface area is 153 Å². The summed E-state index contributed by atoms with van der Waals surface area (Å²) in [6.45, 7) is 8.30. The van der Waals surface area contributed by atoms with Crippen molar-refractivity contribution in [1.29, 1.82) is 0 Å². The zero-order valence-corrected chi connectivity index (χ0v) is 15.6. The Morgan fingerprint density at radius 3 is 2.50 bits per heavy atom. The first-order valence-corrected chi connectivity index (χ1v) is 8.77. The summed E-state index contributed by atoms with van der Waals surface area (Å²) in [5.74, 6) is 0.531. The molecule has 2 amide bonds.